The van der Waals surface area contributed by atoms with Crippen molar-refractivity contribution in [3.05, 3.63) is 0 Å². The standard InChI is InChI=1S/C27H56O3Si/c1-5-31(6-2,7-3)30-24-22-20-18-16-14-12-10-8-9-11-13-15-17-19-21-23-27(4)28-25-26-29-27/h5-26H2,1-4H3. The summed E-state index contributed by atoms with van der Waals surface area (Å²) in [5.74, 6) is -0.277. The molecular weight excluding hydrogens is 400 g/mol. The lowest BCUT2D eigenvalue weighted by molar-refractivity contribution is -0.147. The molecule has 0 aromatic heterocycles. The SMILES string of the molecule is CC[Si](CC)(CC)OCCCCCCCCCCCCCCCCCC1(C)OCCO1. The molecule has 1 fully saturated rings. The summed E-state index contributed by atoms with van der Waals surface area (Å²) in [4.78, 5) is 0. The highest BCUT2D eigenvalue weighted by molar-refractivity contribution is 6.73. The summed E-state index contributed by atoms with van der Waals surface area (Å²) < 4.78 is 17.7. The molecule has 0 unspecified atom stereocenters. The molecular formula is C27H56O3Si. The summed E-state index contributed by atoms with van der Waals surface area (Å²) >= 11 is 0. The van der Waals surface area contributed by atoms with Gasteiger partial charge < -0.3 is 13.9 Å². The first-order chi connectivity index (χ1) is 15.1. The van der Waals surface area contributed by atoms with Crippen LogP contribution in [0.4, 0.5) is 0 Å². The molecule has 0 radical (unpaired) electrons. The van der Waals surface area contributed by atoms with Gasteiger partial charge in [-0.15, -0.1) is 0 Å². The average molecular weight is 457 g/mol. The minimum atomic E-state index is -1.34. The van der Waals surface area contributed by atoms with E-state index in [4.69, 9.17) is 13.9 Å². The van der Waals surface area contributed by atoms with Gasteiger partial charge in [-0.05, 0) is 37.9 Å². The molecule has 0 aliphatic carbocycles. The summed E-state index contributed by atoms with van der Waals surface area (Å²) in [5, 5.41) is 0. The summed E-state index contributed by atoms with van der Waals surface area (Å²) in [6.45, 7) is 11.6. The molecule has 1 heterocycles. The van der Waals surface area contributed by atoms with Crippen LogP contribution in [0.1, 0.15) is 130 Å². The number of ether oxygens (including phenoxy) is 2. The maximum absolute atomic E-state index is 6.35. The van der Waals surface area contributed by atoms with Gasteiger partial charge in [-0.1, -0.05) is 104 Å². The van der Waals surface area contributed by atoms with E-state index in [1.807, 2.05) is 0 Å². The Morgan fingerprint density at radius 1 is 0.581 bits per heavy atom. The molecule has 4 heteroatoms. The van der Waals surface area contributed by atoms with Crippen LogP contribution < -0.4 is 0 Å². The van der Waals surface area contributed by atoms with Gasteiger partial charge in [0.25, 0.3) is 0 Å². The maximum atomic E-state index is 6.35. The van der Waals surface area contributed by atoms with Crippen LogP contribution in [0.3, 0.4) is 0 Å². The van der Waals surface area contributed by atoms with Crippen molar-refractivity contribution in [2.24, 2.45) is 0 Å². The summed E-state index contributed by atoms with van der Waals surface area (Å²) in [5.41, 5.74) is 0. The predicted octanol–water partition coefficient (Wildman–Crippen LogP) is 9.01. The molecule has 1 aliphatic rings. The first-order valence-corrected chi connectivity index (χ1v) is 16.5. The number of hydrogen-bond acceptors (Lipinski definition) is 3. The lowest BCUT2D eigenvalue weighted by atomic mass is 10.0. The Bertz CT molecular complexity index is 384. The Hall–Kier alpha value is 0.0969. The summed E-state index contributed by atoms with van der Waals surface area (Å²) in [6.07, 6.45) is 21.9. The Labute approximate surface area is 196 Å². The normalized spacial score (nSPS) is 16.3. The number of rotatable bonds is 22. The molecule has 186 valence electrons. The van der Waals surface area contributed by atoms with Crippen LogP contribution in [0, 0.1) is 0 Å². The van der Waals surface area contributed by atoms with Crippen LogP contribution in [0.25, 0.3) is 0 Å². The molecule has 0 spiro atoms. The molecule has 0 N–H and O–H groups in total. The highest BCUT2D eigenvalue weighted by atomic mass is 28.4. The van der Waals surface area contributed by atoms with E-state index in [0.717, 1.165) is 26.2 Å². The van der Waals surface area contributed by atoms with Crippen molar-refractivity contribution in [3.63, 3.8) is 0 Å². The minimum Gasteiger partial charge on any atom is -0.417 e. The third-order valence-corrected chi connectivity index (χ3v) is 12.2. The van der Waals surface area contributed by atoms with Gasteiger partial charge in [0.2, 0.25) is 0 Å². The van der Waals surface area contributed by atoms with Gasteiger partial charge in [-0.2, -0.15) is 0 Å². The topological polar surface area (TPSA) is 27.7 Å². The molecule has 0 amide bonds. The fourth-order valence-electron chi connectivity index (χ4n) is 4.89. The zero-order valence-electron chi connectivity index (χ0n) is 21.8. The second-order valence-electron chi connectivity index (χ2n) is 9.98. The van der Waals surface area contributed by atoms with Crippen molar-refractivity contribution in [2.45, 2.75) is 154 Å². The van der Waals surface area contributed by atoms with E-state index in [0.29, 0.717) is 0 Å². The molecule has 0 aromatic rings. The first-order valence-electron chi connectivity index (χ1n) is 14.0. The summed E-state index contributed by atoms with van der Waals surface area (Å²) in [6, 6.07) is 3.85. The zero-order chi connectivity index (χ0) is 22.7. The third-order valence-electron chi connectivity index (χ3n) is 7.51. The Balaban J connectivity index is 1.74. The highest BCUT2D eigenvalue weighted by Crippen LogP contribution is 2.25. The van der Waals surface area contributed by atoms with Crippen LogP contribution in [-0.4, -0.2) is 33.9 Å². The lowest BCUT2D eigenvalue weighted by Gasteiger charge is -2.27. The summed E-state index contributed by atoms with van der Waals surface area (Å²) in [7, 11) is -1.34. The van der Waals surface area contributed by atoms with E-state index in [9.17, 15) is 0 Å². The van der Waals surface area contributed by atoms with E-state index < -0.39 is 8.32 Å². The van der Waals surface area contributed by atoms with Gasteiger partial charge in [0, 0.05) is 13.0 Å². The van der Waals surface area contributed by atoms with Crippen LogP contribution >= 0.6 is 0 Å². The zero-order valence-corrected chi connectivity index (χ0v) is 22.8. The van der Waals surface area contributed by atoms with Gasteiger partial charge in [-0.25, -0.2) is 0 Å². The molecule has 0 bridgehead atoms. The van der Waals surface area contributed by atoms with Crippen molar-refractivity contribution in [1.29, 1.82) is 0 Å². The molecule has 1 aliphatic heterocycles. The third kappa shape index (κ3) is 14.1. The van der Waals surface area contributed by atoms with E-state index in [1.54, 1.807) is 0 Å². The van der Waals surface area contributed by atoms with Crippen LogP contribution in [0.5, 0.6) is 0 Å². The van der Waals surface area contributed by atoms with Crippen LogP contribution in [0.2, 0.25) is 18.1 Å². The Morgan fingerprint density at radius 2 is 0.935 bits per heavy atom. The Kier molecular flexibility index (Phi) is 17.4. The van der Waals surface area contributed by atoms with Crippen molar-refractivity contribution in [3.8, 4) is 0 Å². The van der Waals surface area contributed by atoms with Gasteiger partial charge in [0.05, 0.1) is 13.2 Å². The van der Waals surface area contributed by atoms with Gasteiger partial charge in [-0.3, -0.25) is 0 Å². The van der Waals surface area contributed by atoms with Crippen LogP contribution in [-0.2, 0) is 13.9 Å². The maximum Gasteiger partial charge on any atom is 0.191 e. The minimum absolute atomic E-state index is 0.277. The smallest absolute Gasteiger partial charge is 0.191 e. The van der Waals surface area contributed by atoms with Crippen molar-refractivity contribution in [2.75, 3.05) is 19.8 Å². The lowest BCUT2D eigenvalue weighted by Crippen LogP contribution is -2.36. The molecule has 0 saturated carbocycles. The highest BCUT2D eigenvalue weighted by Gasteiger charge is 2.30. The molecule has 0 atom stereocenters. The van der Waals surface area contributed by atoms with Gasteiger partial charge in [0.15, 0.2) is 14.1 Å². The molecule has 3 nitrogen and oxygen atoms in total. The van der Waals surface area contributed by atoms with E-state index in [1.165, 1.54) is 114 Å². The van der Waals surface area contributed by atoms with E-state index >= 15 is 0 Å². The number of unbranched alkanes of at least 4 members (excludes halogenated alkanes) is 14. The van der Waals surface area contributed by atoms with Crippen LogP contribution in [0.15, 0.2) is 0 Å². The molecule has 31 heavy (non-hydrogen) atoms. The average Bonchev–Trinajstić information content (AvgIpc) is 3.22. The molecule has 0 aromatic carbocycles. The Morgan fingerprint density at radius 3 is 1.32 bits per heavy atom. The van der Waals surface area contributed by atoms with Crippen molar-refractivity contribution in [1.82, 2.24) is 0 Å². The fraction of sp³-hybridized carbons (Fsp3) is 1.00. The van der Waals surface area contributed by atoms with E-state index in [-0.39, 0.29) is 5.79 Å². The largest absolute Gasteiger partial charge is 0.417 e. The molecule has 1 rings (SSSR count). The second kappa shape index (κ2) is 18.5. The van der Waals surface area contributed by atoms with Gasteiger partial charge in [0.1, 0.15) is 0 Å². The predicted molar refractivity (Wildman–Crippen MR) is 137 cm³/mol. The number of hydrogen-bond donors (Lipinski definition) is 0. The quantitative estimate of drug-likeness (QED) is 0.120. The second-order valence-corrected chi connectivity index (χ2v) is 14.8. The fourth-order valence-corrected chi connectivity index (χ4v) is 7.58. The molecule has 1 saturated heterocycles. The van der Waals surface area contributed by atoms with Gasteiger partial charge >= 0.3 is 0 Å². The first kappa shape index (κ1) is 29.1. The monoisotopic (exact) mass is 456 g/mol. The van der Waals surface area contributed by atoms with Crippen molar-refractivity contribution >= 4 is 8.32 Å². The van der Waals surface area contributed by atoms with Crippen molar-refractivity contribution < 1.29 is 13.9 Å². The van der Waals surface area contributed by atoms with E-state index in [2.05, 4.69) is 27.7 Å².